The van der Waals surface area contributed by atoms with E-state index in [0.29, 0.717) is 19.1 Å². The fourth-order valence-corrected chi connectivity index (χ4v) is 3.52. The highest BCUT2D eigenvalue weighted by atomic mass is 16.5. The van der Waals surface area contributed by atoms with Crippen molar-refractivity contribution in [2.45, 2.75) is 71.4 Å². The Labute approximate surface area is 146 Å². The van der Waals surface area contributed by atoms with Crippen molar-refractivity contribution in [2.75, 3.05) is 18.1 Å². The monoisotopic (exact) mass is 332 g/mol. The second kappa shape index (κ2) is 8.02. The van der Waals surface area contributed by atoms with Crippen molar-refractivity contribution < 1.29 is 9.53 Å². The predicted molar refractivity (Wildman–Crippen MR) is 99.8 cm³/mol. The molecule has 134 valence electrons. The van der Waals surface area contributed by atoms with Crippen LogP contribution in [0, 0.1) is 0 Å². The topological polar surface area (TPSA) is 41.6 Å². The van der Waals surface area contributed by atoms with E-state index in [2.05, 4.69) is 58.1 Å². The van der Waals surface area contributed by atoms with E-state index in [1.54, 1.807) is 0 Å². The van der Waals surface area contributed by atoms with Gasteiger partial charge in [0, 0.05) is 24.4 Å². The molecule has 0 aliphatic carbocycles. The second-order valence-electron chi connectivity index (χ2n) is 7.49. The lowest BCUT2D eigenvalue weighted by Gasteiger charge is -2.45. The summed E-state index contributed by atoms with van der Waals surface area (Å²) in [5.41, 5.74) is 2.10. The van der Waals surface area contributed by atoms with Crippen molar-refractivity contribution >= 4 is 11.7 Å². The largest absolute Gasteiger partial charge is 0.378 e. The number of hydrogen-bond acceptors (Lipinski definition) is 2. The third-order valence-corrected chi connectivity index (χ3v) is 4.90. The van der Waals surface area contributed by atoms with Crippen LogP contribution >= 0.6 is 0 Å². The maximum Gasteiger partial charge on any atom is 0.322 e. The van der Waals surface area contributed by atoms with E-state index < -0.39 is 0 Å². The fourth-order valence-electron chi connectivity index (χ4n) is 3.52. The SMILES string of the molecule is CCC(C)OCCCNC(=O)N1c2ccccc2C(C)CC1(C)C. The smallest absolute Gasteiger partial charge is 0.322 e. The molecule has 2 amide bonds. The highest BCUT2D eigenvalue weighted by molar-refractivity contribution is 5.95. The summed E-state index contributed by atoms with van der Waals surface area (Å²) in [7, 11) is 0. The molecule has 0 spiro atoms. The Morgan fingerprint density at radius 3 is 2.83 bits per heavy atom. The summed E-state index contributed by atoms with van der Waals surface area (Å²) >= 11 is 0. The van der Waals surface area contributed by atoms with E-state index in [1.807, 2.05) is 11.0 Å². The molecule has 2 unspecified atom stereocenters. The maximum atomic E-state index is 12.8. The number of ether oxygens (including phenoxy) is 1. The minimum absolute atomic E-state index is 0.0112. The number of benzene rings is 1. The molecule has 0 saturated carbocycles. The van der Waals surface area contributed by atoms with Gasteiger partial charge in [-0.15, -0.1) is 0 Å². The van der Waals surface area contributed by atoms with Crippen LogP contribution in [0.15, 0.2) is 24.3 Å². The third kappa shape index (κ3) is 4.29. The molecule has 2 rings (SSSR count). The number of rotatable bonds is 6. The van der Waals surface area contributed by atoms with Gasteiger partial charge in [-0.05, 0) is 57.6 Å². The van der Waals surface area contributed by atoms with Crippen LogP contribution in [0.3, 0.4) is 0 Å². The van der Waals surface area contributed by atoms with Crippen LogP contribution in [0.4, 0.5) is 10.5 Å². The zero-order chi connectivity index (χ0) is 17.7. The summed E-state index contributed by atoms with van der Waals surface area (Å²) in [6, 6.07) is 8.24. The first-order valence-electron chi connectivity index (χ1n) is 9.15. The number of nitrogens with one attached hydrogen (secondary N) is 1. The average molecular weight is 332 g/mol. The van der Waals surface area contributed by atoms with Gasteiger partial charge < -0.3 is 10.1 Å². The van der Waals surface area contributed by atoms with E-state index in [0.717, 1.165) is 24.9 Å². The predicted octanol–water partition coefficient (Wildman–Crippen LogP) is 4.69. The summed E-state index contributed by atoms with van der Waals surface area (Å²) in [5.74, 6) is 0.462. The molecule has 1 aliphatic rings. The van der Waals surface area contributed by atoms with E-state index in [9.17, 15) is 4.79 Å². The number of para-hydroxylation sites is 1. The molecular formula is C20H32N2O2. The summed E-state index contributed by atoms with van der Waals surface area (Å²) in [6.45, 7) is 12.0. The third-order valence-electron chi connectivity index (χ3n) is 4.90. The standard InChI is InChI=1S/C20H32N2O2/c1-6-16(3)24-13-9-12-21-19(23)22-18-11-8-7-10-17(18)15(2)14-20(22,4)5/h7-8,10-11,15-16H,6,9,12-14H2,1-5H3,(H,21,23). The Morgan fingerprint density at radius 2 is 2.12 bits per heavy atom. The number of carbonyl (C=O) groups excluding carboxylic acids is 1. The van der Waals surface area contributed by atoms with Crippen molar-refractivity contribution in [1.29, 1.82) is 0 Å². The molecule has 4 nitrogen and oxygen atoms in total. The van der Waals surface area contributed by atoms with Crippen LogP contribution in [-0.4, -0.2) is 30.8 Å². The first kappa shape index (κ1) is 18.8. The summed E-state index contributed by atoms with van der Waals surface area (Å²) in [5, 5.41) is 3.06. The molecule has 0 radical (unpaired) electrons. The fraction of sp³-hybridized carbons (Fsp3) is 0.650. The van der Waals surface area contributed by atoms with Gasteiger partial charge in [-0.3, -0.25) is 4.90 Å². The van der Waals surface area contributed by atoms with Crippen molar-refractivity contribution in [3.05, 3.63) is 29.8 Å². The van der Waals surface area contributed by atoms with Crippen LogP contribution in [0.1, 0.15) is 65.4 Å². The summed E-state index contributed by atoms with van der Waals surface area (Å²) < 4.78 is 5.66. The Balaban J connectivity index is 1.99. The first-order chi connectivity index (χ1) is 11.4. The molecule has 1 aliphatic heterocycles. The van der Waals surface area contributed by atoms with Gasteiger partial charge in [0.05, 0.1) is 6.10 Å². The van der Waals surface area contributed by atoms with Crippen molar-refractivity contribution in [1.82, 2.24) is 5.32 Å². The molecule has 1 N–H and O–H groups in total. The van der Waals surface area contributed by atoms with Gasteiger partial charge in [-0.1, -0.05) is 32.0 Å². The number of anilines is 1. The van der Waals surface area contributed by atoms with Gasteiger partial charge >= 0.3 is 6.03 Å². The van der Waals surface area contributed by atoms with Gasteiger partial charge in [-0.25, -0.2) is 4.79 Å². The molecule has 2 atom stereocenters. The molecule has 1 heterocycles. The number of urea groups is 1. The lowest BCUT2D eigenvalue weighted by Crippen LogP contribution is -2.55. The van der Waals surface area contributed by atoms with Crippen LogP contribution in [0.5, 0.6) is 0 Å². The van der Waals surface area contributed by atoms with E-state index in [-0.39, 0.29) is 17.7 Å². The van der Waals surface area contributed by atoms with Gasteiger partial charge in [0.2, 0.25) is 0 Å². The van der Waals surface area contributed by atoms with Gasteiger partial charge in [-0.2, -0.15) is 0 Å². The van der Waals surface area contributed by atoms with Crippen molar-refractivity contribution in [2.24, 2.45) is 0 Å². The normalized spacial score (nSPS) is 20.4. The minimum atomic E-state index is -0.189. The van der Waals surface area contributed by atoms with Gasteiger partial charge in [0.15, 0.2) is 0 Å². The number of fused-ring (bicyclic) bond motifs is 1. The van der Waals surface area contributed by atoms with Crippen LogP contribution in [0.25, 0.3) is 0 Å². The Morgan fingerprint density at radius 1 is 1.42 bits per heavy atom. The quantitative estimate of drug-likeness (QED) is 0.768. The average Bonchev–Trinajstić information content (AvgIpc) is 2.53. The Hall–Kier alpha value is -1.55. The molecule has 24 heavy (non-hydrogen) atoms. The molecule has 0 fully saturated rings. The Kier molecular flexibility index (Phi) is 6.27. The molecular weight excluding hydrogens is 300 g/mol. The molecule has 0 saturated heterocycles. The number of carbonyl (C=O) groups is 1. The highest BCUT2D eigenvalue weighted by Crippen LogP contribution is 2.42. The second-order valence-corrected chi connectivity index (χ2v) is 7.49. The van der Waals surface area contributed by atoms with Gasteiger partial charge in [0.25, 0.3) is 0 Å². The molecule has 0 aromatic heterocycles. The van der Waals surface area contributed by atoms with Gasteiger partial charge in [0.1, 0.15) is 0 Å². The van der Waals surface area contributed by atoms with E-state index in [4.69, 9.17) is 4.74 Å². The van der Waals surface area contributed by atoms with E-state index in [1.165, 1.54) is 5.56 Å². The summed E-state index contributed by atoms with van der Waals surface area (Å²) in [6.07, 6.45) is 3.11. The molecule has 0 bridgehead atoms. The zero-order valence-electron chi connectivity index (χ0n) is 15.8. The Bertz CT molecular complexity index is 556. The molecule has 1 aromatic carbocycles. The van der Waals surface area contributed by atoms with Crippen molar-refractivity contribution in [3.63, 3.8) is 0 Å². The molecule has 4 heteroatoms. The number of nitrogens with zero attached hydrogens (tertiary/aromatic N) is 1. The zero-order valence-corrected chi connectivity index (χ0v) is 15.8. The maximum absolute atomic E-state index is 12.8. The van der Waals surface area contributed by atoms with Crippen LogP contribution in [-0.2, 0) is 4.74 Å². The first-order valence-corrected chi connectivity index (χ1v) is 9.15. The van der Waals surface area contributed by atoms with E-state index >= 15 is 0 Å². The highest BCUT2D eigenvalue weighted by Gasteiger charge is 2.39. The summed E-state index contributed by atoms with van der Waals surface area (Å²) in [4.78, 5) is 14.7. The van der Waals surface area contributed by atoms with Crippen molar-refractivity contribution in [3.8, 4) is 0 Å². The minimum Gasteiger partial charge on any atom is -0.378 e. The molecule has 1 aromatic rings. The number of hydrogen-bond donors (Lipinski definition) is 1. The lowest BCUT2D eigenvalue weighted by atomic mass is 9.80. The van der Waals surface area contributed by atoms with Crippen LogP contribution < -0.4 is 10.2 Å². The van der Waals surface area contributed by atoms with Crippen LogP contribution in [0.2, 0.25) is 0 Å². The number of amides is 2. The lowest BCUT2D eigenvalue weighted by molar-refractivity contribution is 0.0624.